The molecule has 3 heteroatoms. The molecule has 1 fully saturated rings. The number of hydrogen-bond donors (Lipinski definition) is 2. The Hall–Kier alpha value is -0.570. The third-order valence-corrected chi connectivity index (χ3v) is 1.86. The summed E-state index contributed by atoms with van der Waals surface area (Å²) >= 11 is 0. The first-order valence-corrected chi connectivity index (χ1v) is 3.87. The third kappa shape index (κ3) is 1.70. The van der Waals surface area contributed by atoms with Crippen molar-refractivity contribution in [2.24, 2.45) is 5.92 Å². The van der Waals surface area contributed by atoms with E-state index < -0.39 is 0 Å². The summed E-state index contributed by atoms with van der Waals surface area (Å²) in [7, 11) is 0. The van der Waals surface area contributed by atoms with E-state index in [9.17, 15) is 4.79 Å². The second-order valence-electron chi connectivity index (χ2n) is 2.65. The van der Waals surface area contributed by atoms with E-state index in [0.29, 0.717) is 5.92 Å². The van der Waals surface area contributed by atoms with Gasteiger partial charge in [0.25, 0.3) is 0 Å². The molecular weight excluding hydrogens is 128 g/mol. The van der Waals surface area contributed by atoms with Gasteiger partial charge in [-0.3, -0.25) is 10.2 Å². The van der Waals surface area contributed by atoms with Crippen LogP contribution in [-0.4, -0.2) is 12.5 Å². The SMILES string of the molecule is CCNNC(=O)C1CCC1.[HH].[HH]. The summed E-state index contributed by atoms with van der Waals surface area (Å²) in [5.74, 6) is 0.451. The van der Waals surface area contributed by atoms with Crippen LogP contribution in [0.5, 0.6) is 0 Å². The average molecular weight is 146 g/mol. The minimum Gasteiger partial charge on any atom is -0.291 e. The zero-order chi connectivity index (χ0) is 7.40. The predicted octanol–water partition coefficient (Wildman–Crippen LogP) is 0.919. The Bertz CT molecular complexity index is 129. The van der Waals surface area contributed by atoms with Crippen molar-refractivity contribution in [3.8, 4) is 0 Å². The molecule has 0 radical (unpaired) electrons. The first-order valence-electron chi connectivity index (χ1n) is 3.87. The molecule has 2 N–H and O–H groups in total. The van der Waals surface area contributed by atoms with Crippen LogP contribution in [-0.2, 0) is 4.79 Å². The summed E-state index contributed by atoms with van der Waals surface area (Å²) in [4.78, 5) is 11.0. The van der Waals surface area contributed by atoms with E-state index in [0.717, 1.165) is 19.4 Å². The molecule has 0 aliphatic heterocycles. The molecule has 62 valence electrons. The Labute approximate surface area is 64.1 Å². The topological polar surface area (TPSA) is 41.1 Å². The number of carbonyl (C=O) groups excluding carboxylic acids is 1. The summed E-state index contributed by atoms with van der Waals surface area (Å²) in [6.45, 7) is 2.75. The molecule has 10 heavy (non-hydrogen) atoms. The Balaban J connectivity index is 0. The molecule has 3 nitrogen and oxygen atoms in total. The maximum Gasteiger partial charge on any atom is 0.237 e. The van der Waals surface area contributed by atoms with Crippen LogP contribution in [0, 0.1) is 5.92 Å². The monoisotopic (exact) mass is 146 g/mol. The molecule has 1 aliphatic carbocycles. The lowest BCUT2D eigenvalue weighted by molar-refractivity contribution is -0.128. The van der Waals surface area contributed by atoms with Crippen molar-refractivity contribution in [3.05, 3.63) is 0 Å². The summed E-state index contributed by atoms with van der Waals surface area (Å²) in [5.41, 5.74) is 5.44. The molecule has 0 saturated heterocycles. The first kappa shape index (κ1) is 7.54. The van der Waals surface area contributed by atoms with Gasteiger partial charge in [-0.1, -0.05) is 13.3 Å². The smallest absolute Gasteiger partial charge is 0.237 e. The van der Waals surface area contributed by atoms with E-state index >= 15 is 0 Å². The van der Waals surface area contributed by atoms with Crippen molar-refractivity contribution in [2.45, 2.75) is 26.2 Å². The molecule has 1 amide bonds. The fourth-order valence-corrected chi connectivity index (χ4v) is 0.948. The average Bonchev–Trinajstić information content (AvgIpc) is 1.79. The summed E-state index contributed by atoms with van der Waals surface area (Å²) in [5, 5.41) is 0. The molecule has 0 aromatic heterocycles. The van der Waals surface area contributed by atoms with Gasteiger partial charge in [-0.15, -0.1) is 0 Å². The van der Waals surface area contributed by atoms with Crippen LogP contribution in [0.3, 0.4) is 0 Å². The van der Waals surface area contributed by atoms with E-state index in [-0.39, 0.29) is 8.76 Å². The normalized spacial score (nSPS) is 18.1. The number of amides is 1. The van der Waals surface area contributed by atoms with Gasteiger partial charge in [0, 0.05) is 15.3 Å². The van der Waals surface area contributed by atoms with E-state index in [2.05, 4.69) is 10.9 Å². The number of rotatable bonds is 3. The van der Waals surface area contributed by atoms with Crippen LogP contribution in [0.4, 0.5) is 0 Å². The summed E-state index contributed by atoms with van der Waals surface area (Å²) in [6, 6.07) is 0. The third-order valence-electron chi connectivity index (χ3n) is 1.86. The molecule has 1 saturated carbocycles. The van der Waals surface area contributed by atoms with Gasteiger partial charge in [-0.25, -0.2) is 5.43 Å². The molecule has 1 rings (SSSR count). The highest BCUT2D eigenvalue weighted by Gasteiger charge is 2.24. The van der Waals surface area contributed by atoms with E-state index in [1.54, 1.807) is 0 Å². The number of hydrogen-bond acceptors (Lipinski definition) is 2. The van der Waals surface area contributed by atoms with Gasteiger partial charge in [0.15, 0.2) is 0 Å². The Kier molecular flexibility index (Phi) is 2.68. The van der Waals surface area contributed by atoms with Gasteiger partial charge in [0.1, 0.15) is 0 Å². The Morgan fingerprint density at radius 1 is 1.70 bits per heavy atom. The maximum atomic E-state index is 11.0. The van der Waals surface area contributed by atoms with Crippen LogP contribution in [0.1, 0.15) is 29.0 Å². The molecule has 0 spiro atoms. The van der Waals surface area contributed by atoms with Crippen LogP contribution in [0.25, 0.3) is 0 Å². The van der Waals surface area contributed by atoms with Crippen LogP contribution >= 0.6 is 0 Å². The van der Waals surface area contributed by atoms with E-state index in [1.807, 2.05) is 6.92 Å². The highest BCUT2D eigenvalue weighted by Crippen LogP contribution is 2.25. The molecule has 1 aliphatic rings. The van der Waals surface area contributed by atoms with Crippen LogP contribution in [0.2, 0.25) is 0 Å². The molecule has 0 unspecified atom stereocenters. The maximum absolute atomic E-state index is 11.0. The fourth-order valence-electron chi connectivity index (χ4n) is 0.948. The minimum absolute atomic E-state index is 0. The van der Waals surface area contributed by atoms with Crippen molar-refractivity contribution >= 4 is 5.91 Å². The molecule has 0 aromatic carbocycles. The van der Waals surface area contributed by atoms with Crippen LogP contribution in [0.15, 0.2) is 0 Å². The second kappa shape index (κ2) is 3.56. The van der Waals surface area contributed by atoms with Gasteiger partial charge >= 0.3 is 0 Å². The van der Waals surface area contributed by atoms with E-state index in [4.69, 9.17) is 0 Å². The molecular formula is C7H18N2O. The molecule has 0 heterocycles. The lowest BCUT2D eigenvalue weighted by Gasteiger charge is -2.23. The molecule has 0 atom stereocenters. The number of hydrazine groups is 1. The van der Waals surface area contributed by atoms with Gasteiger partial charge in [0.05, 0.1) is 0 Å². The van der Waals surface area contributed by atoms with E-state index in [1.165, 1.54) is 6.42 Å². The molecule has 0 aromatic rings. The Morgan fingerprint density at radius 3 is 2.80 bits per heavy atom. The summed E-state index contributed by atoms with van der Waals surface area (Å²) in [6.07, 6.45) is 3.35. The highest BCUT2D eigenvalue weighted by molar-refractivity contribution is 5.78. The van der Waals surface area contributed by atoms with Crippen molar-refractivity contribution < 1.29 is 7.65 Å². The van der Waals surface area contributed by atoms with Gasteiger partial charge in [-0.05, 0) is 12.8 Å². The molecule has 0 bridgehead atoms. The second-order valence-corrected chi connectivity index (χ2v) is 2.65. The number of nitrogens with one attached hydrogen (secondary N) is 2. The van der Waals surface area contributed by atoms with Crippen molar-refractivity contribution in [2.75, 3.05) is 6.54 Å². The van der Waals surface area contributed by atoms with Gasteiger partial charge in [0.2, 0.25) is 5.91 Å². The quantitative estimate of drug-likeness (QED) is 0.581. The van der Waals surface area contributed by atoms with Gasteiger partial charge < -0.3 is 0 Å². The predicted molar refractivity (Wildman–Crippen MR) is 43.4 cm³/mol. The zero-order valence-corrected chi connectivity index (χ0v) is 6.31. The van der Waals surface area contributed by atoms with Gasteiger partial charge in [-0.2, -0.15) is 0 Å². The number of carbonyl (C=O) groups is 1. The minimum atomic E-state index is 0. The van der Waals surface area contributed by atoms with Crippen molar-refractivity contribution in [1.29, 1.82) is 0 Å². The highest BCUT2D eigenvalue weighted by atomic mass is 16.2. The summed E-state index contributed by atoms with van der Waals surface area (Å²) < 4.78 is 0. The Morgan fingerprint density at radius 2 is 2.40 bits per heavy atom. The van der Waals surface area contributed by atoms with Crippen molar-refractivity contribution in [1.82, 2.24) is 10.9 Å². The van der Waals surface area contributed by atoms with Crippen molar-refractivity contribution in [3.63, 3.8) is 0 Å². The zero-order valence-electron chi connectivity index (χ0n) is 6.31. The fraction of sp³-hybridized carbons (Fsp3) is 0.857. The largest absolute Gasteiger partial charge is 0.291 e. The lowest BCUT2D eigenvalue weighted by Crippen LogP contribution is -2.42. The standard InChI is InChI=1S/C7H14N2O.2H2/c1-2-8-9-7(10)6-4-3-5-6;;/h6,8H,2-5H2,1H3,(H,9,10);2*1H. The van der Waals surface area contributed by atoms with Crippen LogP contribution < -0.4 is 10.9 Å². The first-order chi connectivity index (χ1) is 4.84. The lowest BCUT2D eigenvalue weighted by atomic mass is 9.85.